The molecular weight excluding hydrogens is 741 g/mol. The maximum absolute atomic E-state index is 15.4. The van der Waals surface area contributed by atoms with E-state index < -0.39 is 5.97 Å². The van der Waals surface area contributed by atoms with Crippen molar-refractivity contribution in [1.82, 2.24) is 18.9 Å². The van der Waals surface area contributed by atoms with Gasteiger partial charge < -0.3 is 33.4 Å². The number of hydrogen-bond acceptors (Lipinski definition) is 6. The van der Waals surface area contributed by atoms with Gasteiger partial charge in [0.15, 0.2) is 5.69 Å². The molecule has 13 heteroatoms. The molecule has 288 valence electrons. The van der Waals surface area contributed by atoms with Gasteiger partial charge >= 0.3 is 5.97 Å². The minimum absolute atomic E-state index is 0.00416. The second kappa shape index (κ2) is 14.9. The van der Waals surface area contributed by atoms with E-state index in [2.05, 4.69) is 11.5 Å². The highest BCUT2D eigenvalue weighted by molar-refractivity contribution is 6.35. The molecule has 7 rings (SSSR count). The third-order valence-electron chi connectivity index (χ3n) is 10.8. The molecule has 4 heterocycles. The lowest BCUT2D eigenvalue weighted by molar-refractivity contribution is 0.0684. The van der Waals surface area contributed by atoms with Crippen molar-refractivity contribution in [3.8, 4) is 22.6 Å². The number of methoxy groups -OCH3 is 2. The lowest BCUT2D eigenvalue weighted by atomic mass is 9.98. The van der Waals surface area contributed by atoms with Gasteiger partial charge in [0.2, 0.25) is 0 Å². The van der Waals surface area contributed by atoms with E-state index in [9.17, 15) is 9.90 Å². The summed E-state index contributed by atoms with van der Waals surface area (Å²) in [6.07, 6.45) is 1.11. The fraction of sp³-hybridized carbons (Fsp3) is 0.357. The molecule has 3 aromatic heterocycles. The van der Waals surface area contributed by atoms with E-state index in [1.165, 1.54) is 0 Å². The Balaban J connectivity index is 1.43. The highest BCUT2D eigenvalue weighted by Gasteiger charge is 2.40. The van der Waals surface area contributed by atoms with Crippen molar-refractivity contribution in [2.45, 2.75) is 60.0 Å². The Labute approximate surface area is 329 Å². The van der Waals surface area contributed by atoms with Crippen LogP contribution in [0.2, 0.25) is 10.0 Å². The van der Waals surface area contributed by atoms with Crippen LogP contribution >= 0.6 is 23.2 Å². The molecule has 1 amide bonds. The van der Waals surface area contributed by atoms with Gasteiger partial charge in [0, 0.05) is 60.5 Å². The number of carbonyl (C=O) groups is 2. The van der Waals surface area contributed by atoms with Gasteiger partial charge in [-0.15, -0.1) is 0 Å². The van der Waals surface area contributed by atoms with Gasteiger partial charge in [-0.3, -0.25) is 9.48 Å². The van der Waals surface area contributed by atoms with E-state index >= 15 is 4.79 Å². The van der Waals surface area contributed by atoms with Gasteiger partial charge in [0.25, 0.3) is 5.91 Å². The highest BCUT2D eigenvalue weighted by Crippen LogP contribution is 2.47. The van der Waals surface area contributed by atoms with Crippen LogP contribution in [0, 0.1) is 27.7 Å². The van der Waals surface area contributed by atoms with Gasteiger partial charge in [-0.25, -0.2) is 4.79 Å². The lowest BCUT2D eigenvalue weighted by Crippen LogP contribution is -2.43. The first-order chi connectivity index (χ1) is 26.3. The Kier molecular flexibility index (Phi) is 10.4. The predicted octanol–water partition coefficient (Wildman–Crippen LogP) is 9.12. The first-order valence-corrected chi connectivity index (χ1v) is 19.0. The highest BCUT2D eigenvalue weighted by atomic mass is 35.5. The van der Waals surface area contributed by atoms with Crippen LogP contribution in [-0.2, 0) is 24.8 Å². The van der Waals surface area contributed by atoms with Gasteiger partial charge in [-0.2, -0.15) is 5.10 Å². The minimum atomic E-state index is -1.16. The van der Waals surface area contributed by atoms with Crippen LogP contribution in [0.5, 0.6) is 11.5 Å². The molecular formula is C42H45Cl2N5O6. The zero-order chi connectivity index (χ0) is 39.5. The molecule has 1 unspecified atom stereocenters. The molecule has 3 aromatic carbocycles. The minimum Gasteiger partial charge on any atom is -0.496 e. The van der Waals surface area contributed by atoms with E-state index in [0.29, 0.717) is 52.5 Å². The Morgan fingerprint density at radius 3 is 2.38 bits per heavy atom. The van der Waals surface area contributed by atoms with Crippen LogP contribution in [0.4, 0.5) is 5.69 Å². The first-order valence-electron chi connectivity index (χ1n) is 18.3. The fourth-order valence-corrected chi connectivity index (χ4v) is 8.69. The van der Waals surface area contributed by atoms with E-state index in [4.69, 9.17) is 42.5 Å². The number of ether oxygens (including phenoxy) is 3. The Bertz CT molecular complexity index is 2490. The van der Waals surface area contributed by atoms with Crippen LogP contribution in [0.15, 0.2) is 42.5 Å². The van der Waals surface area contributed by atoms with Crippen molar-refractivity contribution in [3.63, 3.8) is 0 Å². The summed E-state index contributed by atoms with van der Waals surface area (Å²) in [5.74, 6) is -0.261. The van der Waals surface area contributed by atoms with Crippen LogP contribution in [0.25, 0.3) is 32.9 Å². The molecule has 0 bridgehead atoms. The van der Waals surface area contributed by atoms with Crippen molar-refractivity contribution in [2.75, 3.05) is 38.9 Å². The summed E-state index contributed by atoms with van der Waals surface area (Å²) in [7, 11) is 5.02. The Morgan fingerprint density at radius 1 is 1.02 bits per heavy atom. The summed E-state index contributed by atoms with van der Waals surface area (Å²) in [5, 5.41) is 18.2. The van der Waals surface area contributed by atoms with Crippen LogP contribution in [0.3, 0.4) is 0 Å². The molecule has 1 aliphatic heterocycles. The SMILES string of the molecule is COCCn1c(C(=O)O)c(N2CC(C)n3c(c(CCCOc4cc(C)c(Cl)c(C)c4)c4ccc(Cl)c(-c5c(C)nn(C)c5C)c43)C2=O)c2c(OC)cccc21. The molecule has 0 fully saturated rings. The Morgan fingerprint density at radius 2 is 1.75 bits per heavy atom. The standard InChI is InChI=1S/C42H45Cl2N5O6/c1-22-19-27(20-23(2)36(22)44)55-17-10-11-28-29-14-15-30(43)34(33-25(4)45-46(6)26(33)5)37(29)49-24(3)21-48(41(50)38(28)49)39-35-31(12-9-13-32(35)54-8)47(16-18-53-7)40(39)42(51)52/h9,12-15,19-20,24H,10-11,16-18,21H2,1-8H3,(H,51,52). The third-order valence-corrected chi connectivity index (χ3v) is 11.7. The molecule has 0 aliphatic carbocycles. The zero-order valence-corrected chi connectivity index (χ0v) is 33.9. The number of rotatable bonds is 12. The average Bonchev–Trinajstić information content (AvgIpc) is 3.75. The summed E-state index contributed by atoms with van der Waals surface area (Å²) in [6.45, 7) is 11.1. The number of fused-ring (bicyclic) bond motifs is 4. The number of hydrogen-bond donors (Lipinski definition) is 1. The average molecular weight is 787 g/mol. The van der Waals surface area contributed by atoms with Crippen molar-refractivity contribution in [1.29, 1.82) is 0 Å². The normalized spacial score (nSPS) is 14.3. The van der Waals surface area contributed by atoms with Crippen molar-refractivity contribution in [2.24, 2.45) is 7.05 Å². The summed E-state index contributed by atoms with van der Waals surface area (Å²) >= 11 is 13.5. The van der Waals surface area contributed by atoms with Crippen LogP contribution in [0.1, 0.15) is 68.4 Å². The number of aromatic nitrogens is 4. The molecule has 55 heavy (non-hydrogen) atoms. The van der Waals surface area contributed by atoms with Crippen molar-refractivity contribution < 1.29 is 28.9 Å². The first kappa shape index (κ1) is 38.3. The van der Waals surface area contributed by atoms with E-state index in [1.807, 2.05) is 75.8 Å². The number of nitrogens with zero attached hydrogens (tertiary/aromatic N) is 5. The number of carbonyl (C=O) groups excluding carboxylic acids is 1. The number of carboxylic acids is 1. The number of anilines is 1. The molecule has 0 saturated heterocycles. The van der Waals surface area contributed by atoms with Crippen molar-refractivity contribution in [3.05, 3.63) is 92.0 Å². The molecule has 0 spiro atoms. The molecule has 0 radical (unpaired) electrons. The Hall–Kier alpha value is -4.97. The molecule has 0 saturated carbocycles. The molecule has 1 N–H and O–H groups in total. The summed E-state index contributed by atoms with van der Waals surface area (Å²) in [5.41, 5.74) is 8.49. The number of aromatic carboxylic acids is 1. The largest absolute Gasteiger partial charge is 0.496 e. The van der Waals surface area contributed by atoms with E-state index in [1.54, 1.807) is 29.8 Å². The smallest absolute Gasteiger partial charge is 0.354 e. The number of halogens is 2. The molecule has 6 aromatic rings. The number of carboxylic acid groups (broad SMARTS) is 1. The van der Waals surface area contributed by atoms with Crippen molar-refractivity contribution >= 4 is 62.6 Å². The quantitative estimate of drug-likeness (QED) is 0.123. The second-order valence-corrected chi connectivity index (χ2v) is 15.1. The molecule has 1 aliphatic rings. The third kappa shape index (κ3) is 6.32. The number of amides is 1. The lowest BCUT2D eigenvalue weighted by Gasteiger charge is -2.34. The van der Waals surface area contributed by atoms with E-state index in [-0.39, 0.29) is 37.3 Å². The van der Waals surface area contributed by atoms with Gasteiger partial charge in [0.1, 0.15) is 17.2 Å². The number of aryl methyl sites for hydroxylation is 5. The summed E-state index contributed by atoms with van der Waals surface area (Å²) in [4.78, 5) is 30.2. The second-order valence-electron chi connectivity index (χ2n) is 14.3. The van der Waals surface area contributed by atoms with Crippen LogP contribution in [-0.4, -0.2) is 69.9 Å². The number of benzene rings is 3. The topological polar surface area (TPSA) is 113 Å². The summed E-state index contributed by atoms with van der Waals surface area (Å²) < 4.78 is 23.1. The van der Waals surface area contributed by atoms with Gasteiger partial charge in [-0.1, -0.05) is 35.3 Å². The maximum atomic E-state index is 15.4. The van der Waals surface area contributed by atoms with Gasteiger partial charge in [0.05, 0.1) is 53.1 Å². The zero-order valence-electron chi connectivity index (χ0n) is 32.3. The van der Waals surface area contributed by atoms with E-state index in [0.717, 1.165) is 60.9 Å². The monoisotopic (exact) mass is 785 g/mol. The fourth-order valence-electron chi connectivity index (χ4n) is 8.34. The van der Waals surface area contributed by atoms with Crippen LogP contribution < -0.4 is 14.4 Å². The summed E-state index contributed by atoms with van der Waals surface area (Å²) in [6, 6.07) is 12.9. The predicted molar refractivity (Wildman–Crippen MR) is 217 cm³/mol. The molecule has 11 nitrogen and oxygen atoms in total. The maximum Gasteiger partial charge on any atom is 0.354 e. The van der Waals surface area contributed by atoms with Gasteiger partial charge in [-0.05, 0) is 94.5 Å². The molecule has 1 atom stereocenters.